The molecule has 1 aliphatic heterocycles. The molecule has 2 heterocycles. The van der Waals surface area contributed by atoms with Crippen LogP contribution in [0.2, 0.25) is 5.02 Å². The number of nitrogens with zero attached hydrogens (tertiary/aromatic N) is 3. The maximum absolute atomic E-state index is 12.7. The minimum Gasteiger partial charge on any atom is -0.333 e. The molecule has 6 heteroatoms. The molecule has 1 unspecified atom stereocenters. The summed E-state index contributed by atoms with van der Waals surface area (Å²) >= 11 is 6.33. The van der Waals surface area contributed by atoms with Gasteiger partial charge in [-0.15, -0.1) is 0 Å². The van der Waals surface area contributed by atoms with Crippen molar-refractivity contribution in [1.82, 2.24) is 20.0 Å². The number of amides is 1. The second-order valence-electron chi connectivity index (χ2n) is 5.85. The summed E-state index contributed by atoms with van der Waals surface area (Å²) in [5.74, 6) is 0.167. The van der Waals surface area contributed by atoms with Crippen LogP contribution in [0.4, 0.5) is 0 Å². The first kappa shape index (κ1) is 16.0. The van der Waals surface area contributed by atoms with Crippen molar-refractivity contribution in [2.45, 2.75) is 18.9 Å². The van der Waals surface area contributed by atoms with Crippen molar-refractivity contribution in [3.05, 3.63) is 52.8 Å². The Morgan fingerprint density at radius 1 is 1.43 bits per heavy atom. The maximum atomic E-state index is 12.7. The van der Waals surface area contributed by atoms with Gasteiger partial charge in [-0.1, -0.05) is 29.8 Å². The number of benzene rings is 1. The Hall–Kier alpha value is -1.85. The van der Waals surface area contributed by atoms with E-state index in [0.717, 1.165) is 24.2 Å². The molecule has 0 bridgehead atoms. The van der Waals surface area contributed by atoms with Crippen molar-refractivity contribution in [3.8, 4) is 0 Å². The van der Waals surface area contributed by atoms with E-state index in [1.807, 2.05) is 48.6 Å². The highest BCUT2D eigenvalue weighted by Gasteiger charge is 2.28. The summed E-state index contributed by atoms with van der Waals surface area (Å²) < 4.78 is 1.76. The van der Waals surface area contributed by atoms with E-state index < -0.39 is 0 Å². The molecule has 1 fully saturated rings. The number of hydrogen-bond acceptors (Lipinski definition) is 3. The van der Waals surface area contributed by atoms with Crippen molar-refractivity contribution in [2.24, 2.45) is 7.05 Å². The van der Waals surface area contributed by atoms with Gasteiger partial charge in [0, 0.05) is 44.3 Å². The number of aryl methyl sites for hydroxylation is 2. The molecule has 23 heavy (non-hydrogen) atoms. The van der Waals surface area contributed by atoms with E-state index >= 15 is 0 Å². The van der Waals surface area contributed by atoms with Gasteiger partial charge in [0.2, 0.25) is 5.91 Å². The van der Waals surface area contributed by atoms with Crippen LogP contribution in [-0.2, 0) is 18.3 Å². The normalized spacial score (nSPS) is 18.2. The fourth-order valence-electron chi connectivity index (χ4n) is 3.02. The third-order valence-corrected chi connectivity index (χ3v) is 4.56. The van der Waals surface area contributed by atoms with Gasteiger partial charge in [0.05, 0.1) is 12.2 Å². The average molecular weight is 333 g/mol. The third kappa shape index (κ3) is 3.74. The van der Waals surface area contributed by atoms with E-state index in [1.165, 1.54) is 0 Å². The Morgan fingerprint density at radius 2 is 2.26 bits per heavy atom. The second kappa shape index (κ2) is 7.15. The zero-order valence-electron chi connectivity index (χ0n) is 13.2. The molecule has 0 aliphatic carbocycles. The van der Waals surface area contributed by atoms with Crippen molar-refractivity contribution in [3.63, 3.8) is 0 Å². The Kier molecular flexibility index (Phi) is 4.98. The monoisotopic (exact) mass is 332 g/mol. The summed E-state index contributed by atoms with van der Waals surface area (Å²) in [6, 6.07) is 7.76. The summed E-state index contributed by atoms with van der Waals surface area (Å²) in [4.78, 5) is 14.7. The molecule has 1 atom stereocenters. The topological polar surface area (TPSA) is 50.2 Å². The van der Waals surface area contributed by atoms with E-state index in [9.17, 15) is 4.79 Å². The number of halogens is 1. The smallest absolute Gasteiger partial charge is 0.223 e. The lowest BCUT2D eigenvalue weighted by atomic mass is 10.0. The zero-order valence-corrected chi connectivity index (χ0v) is 14.0. The lowest BCUT2D eigenvalue weighted by Gasteiger charge is -2.37. The van der Waals surface area contributed by atoms with Gasteiger partial charge in [0.1, 0.15) is 0 Å². The number of rotatable bonds is 4. The summed E-state index contributed by atoms with van der Waals surface area (Å²) in [6.07, 6.45) is 4.98. The average Bonchev–Trinajstić information content (AvgIpc) is 2.99. The molecule has 1 aromatic heterocycles. The number of hydrogen-bond donors (Lipinski definition) is 1. The molecule has 0 spiro atoms. The lowest BCUT2D eigenvalue weighted by Crippen LogP contribution is -2.48. The van der Waals surface area contributed by atoms with Crippen molar-refractivity contribution >= 4 is 17.5 Å². The molecule has 1 saturated heterocycles. The molecule has 0 saturated carbocycles. The Labute approximate surface area is 141 Å². The zero-order chi connectivity index (χ0) is 16.2. The predicted molar refractivity (Wildman–Crippen MR) is 90.3 cm³/mol. The molecule has 1 N–H and O–H groups in total. The summed E-state index contributed by atoms with van der Waals surface area (Å²) in [5, 5.41) is 8.22. The SMILES string of the molecule is Cn1cc(CCC(=O)N2CCNCC2c2ccccc2Cl)cn1. The molecule has 3 rings (SSSR count). The van der Waals surface area contributed by atoms with Gasteiger partial charge in [-0.2, -0.15) is 5.10 Å². The highest BCUT2D eigenvalue weighted by Crippen LogP contribution is 2.29. The molecule has 0 radical (unpaired) electrons. The number of aromatic nitrogens is 2. The molecule has 1 amide bonds. The Balaban J connectivity index is 1.70. The molecule has 2 aromatic rings. The molecular formula is C17H21ClN4O. The first-order valence-corrected chi connectivity index (χ1v) is 8.25. The Bertz CT molecular complexity index is 685. The van der Waals surface area contributed by atoms with Gasteiger partial charge >= 0.3 is 0 Å². The fraction of sp³-hybridized carbons (Fsp3) is 0.412. The highest BCUT2D eigenvalue weighted by atomic mass is 35.5. The van der Waals surface area contributed by atoms with Gasteiger partial charge in [-0.05, 0) is 23.6 Å². The first-order valence-electron chi connectivity index (χ1n) is 7.87. The predicted octanol–water partition coefficient (Wildman–Crippen LogP) is 2.18. The summed E-state index contributed by atoms with van der Waals surface area (Å²) in [6.45, 7) is 2.27. The number of carbonyl (C=O) groups excluding carboxylic acids is 1. The summed E-state index contributed by atoms with van der Waals surface area (Å²) in [5.41, 5.74) is 2.10. The first-order chi connectivity index (χ1) is 11.1. The molecular weight excluding hydrogens is 312 g/mol. The van der Waals surface area contributed by atoms with Crippen LogP contribution in [0.15, 0.2) is 36.7 Å². The van der Waals surface area contributed by atoms with Gasteiger partial charge in [-0.25, -0.2) is 0 Å². The van der Waals surface area contributed by atoms with Crippen LogP contribution in [0.25, 0.3) is 0 Å². The molecule has 122 valence electrons. The van der Waals surface area contributed by atoms with Crippen LogP contribution >= 0.6 is 11.6 Å². The number of piperazine rings is 1. The van der Waals surface area contributed by atoms with Crippen LogP contribution in [0.1, 0.15) is 23.6 Å². The minimum absolute atomic E-state index is 0.00107. The molecule has 5 nitrogen and oxygen atoms in total. The van der Waals surface area contributed by atoms with Gasteiger partial charge < -0.3 is 10.2 Å². The van der Waals surface area contributed by atoms with Crippen molar-refractivity contribution < 1.29 is 4.79 Å². The number of carbonyl (C=O) groups is 1. The lowest BCUT2D eigenvalue weighted by molar-refractivity contribution is -0.134. The highest BCUT2D eigenvalue weighted by molar-refractivity contribution is 6.31. The van der Waals surface area contributed by atoms with E-state index in [0.29, 0.717) is 24.4 Å². The molecule has 1 aromatic carbocycles. The van der Waals surface area contributed by atoms with Crippen LogP contribution < -0.4 is 5.32 Å². The largest absolute Gasteiger partial charge is 0.333 e. The van der Waals surface area contributed by atoms with E-state index in [2.05, 4.69) is 10.4 Å². The van der Waals surface area contributed by atoms with E-state index in [1.54, 1.807) is 4.68 Å². The van der Waals surface area contributed by atoms with E-state index in [-0.39, 0.29) is 11.9 Å². The number of nitrogens with one attached hydrogen (secondary N) is 1. The van der Waals surface area contributed by atoms with Crippen LogP contribution in [0, 0.1) is 0 Å². The minimum atomic E-state index is -0.00107. The van der Waals surface area contributed by atoms with Gasteiger partial charge in [0.15, 0.2) is 0 Å². The van der Waals surface area contributed by atoms with Gasteiger partial charge in [-0.3, -0.25) is 9.48 Å². The maximum Gasteiger partial charge on any atom is 0.223 e. The van der Waals surface area contributed by atoms with Crippen LogP contribution in [0.5, 0.6) is 0 Å². The van der Waals surface area contributed by atoms with Crippen LogP contribution in [-0.4, -0.2) is 40.2 Å². The fourth-order valence-corrected chi connectivity index (χ4v) is 3.28. The molecule has 1 aliphatic rings. The third-order valence-electron chi connectivity index (χ3n) is 4.21. The van der Waals surface area contributed by atoms with Crippen molar-refractivity contribution in [2.75, 3.05) is 19.6 Å². The second-order valence-corrected chi connectivity index (χ2v) is 6.26. The standard InChI is InChI=1S/C17H21ClN4O/c1-21-12-13(10-20-21)6-7-17(23)22-9-8-19-11-16(22)14-4-2-3-5-15(14)18/h2-5,10,12,16,19H,6-9,11H2,1H3. The van der Waals surface area contributed by atoms with Crippen molar-refractivity contribution in [1.29, 1.82) is 0 Å². The Morgan fingerprint density at radius 3 is 3.00 bits per heavy atom. The van der Waals surface area contributed by atoms with Gasteiger partial charge in [0.25, 0.3) is 0 Å². The quantitative estimate of drug-likeness (QED) is 0.933. The van der Waals surface area contributed by atoms with Crippen LogP contribution in [0.3, 0.4) is 0 Å². The van der Waals surface area contributed by atoms with E-state index in [4.69, 9.17) is 11.6 Å². The summed E-state index contributed by atoms with van der Waals surface area (Å²) in [7, 11) is 1.88.